The number of unbranched alkanes of at least 4 members (excludes halogenated alkanes) is 1. The highest BCUT2D eigenvalue weighted by Gasteiger charge is 2.21. The van der Waals surface area contributed by atoms with Gasteiger partial charge in [-0.3, -0.25) is 0 Å². The Bertz CT molecular complexity index is 496. The number of sulfonamides is 1. The van der Waals surface area contributed by atoms with Crippen LogP contribution in [0.25, 0.3) is 0 Å². The van der Waals surface area contributed by atoms with Crippen molar-refractivity contribution in [3.05, 3.63) is 22.4 Å². The van der Waals surface area contributed by atoms with Gasteiger partial charge >= 0.3 is 0 Å². The SMILES string of the molecule is CCCC(NS(=O)(=O)CCCCNC1CC1)c1cccs1. The highest BCUT2D eigenvalue weighted by Crippen LogP contribution is 2.24. The van der Waals surface area contributed by atoms with E-state index in [-0.39, 0.29) is 11.8 Å². The number of hydrogen-bond donors (Lipinski definition) is 2. The van der Waals surface area contributed by atoms with Crippen LogP contribution in [0.4, 0.5) is 0 Å². The molecule has 0 radical (unpaired) electrons. The highest BCUT2D eigenvalue weighted by atomic mass is 32.2. The minimum Gasteiger partial charge on any atom is -0.314 e. The average Bonchev–Trinajstić information content (AvgIpc) is 3.09. The maximum Gasteiger partial charge on any atom is 0.212 e. The molecule has 0 spiro atoms. The molecule has 1 aliphatic carbocycles. The normalized spacial score (nSPS) is 17.0. The molecule has 6 heteroatoms. The summed E-state index contributed by atoms with van der Waals surface area (Å²) >= 11 is 1.62. The Hall–Kier alpha value is -0.430. The van der Waals surface area contributed by atoms with Crippen molar-refractivity contribution in [3.8, 4) is 0 Å². The number of thiophene rings is 1. The van der Waals surface area contributed by atoms with Gasteiger partial charge in [0, 0.05) is 10.9 Å². The molecule has 1 aromatic rings. The van der Waals surface area contributed by atoms with E-state index in [2.05, 4.69) is 17.0 Å². The van der Waals surface area contributed by atoms with Crippen LogP contribution in [0, 0.1) is 0 Å². The van der Waals surface area contributed by atoms with Crippen molar-refractivity contribution in [2.24, 2.45) is 0 Å². The Morgan fingerprint density at radius 3 is 2.81 bits per heavy atom. The van der Waals surface area contributed by atoms with Gasteiger partial charge in [0.25, 0.3) is 0 Å². The van der Waals surface area contributed by atoms with Crippen molar-refractivity contribution in [2.75, 3.05) is 12.3 Å². The lowest BCUT2D eigenvalue weighted by Gasteiger charge is -2.17. The van der Waals surface area contributed by atoms with Gasteiger partial charge < -0.3 is 5.32 Å². The second-order valence-corrected chi connectivity index (χ2v) is 8.58. The first-order valence-corrected chi connectivity index (χ1v) is 10.4. The number of rotatable bonds is 11. The van der Waals surface area contributed by atoms with Gasteiger partial charge in [-0.15, -0.1) is 11.3 Å². The predicted molar refractivity (Wildman–Crippen MR) is 89.1 cm³/mol. The summed E-state index contributed by atoms with van der Waals surface area (Å²) in [6.45, 7) is 3.02. The monoisotopic (exact) mass is 330 g/mol. The molecule has 1 heterocycles. The lowest BCUT2D eigenvalue weighted by Crippen LogP contribution is -2.30. The van der Waals surface area contributed by atoms with Gasteiger partial charge in [-0.2, -0.15) is 0 Å². The quantitative estimate of drug-likeness (QED) is 0.613. The van der Waals surface area contributed by atoms with Crippen molar-refractivity contribution >= 4 is 21.4 Å². The Morgan fingerprint density at radius 2 is 2.19 bits per heavy atom. The third-order valence-corrected chi connectivity index (χ3v) is 6.09. The maximum absolute atomic E-state index is 12.2. The fourth-order valence-corrected chi connectivity index (χ4v) is 4.59. The van der Waals surface area contributed by atoms with Crippen molar-refractivity contribution in [3.63, 3.8) is 0 Å². The van der Waals surface area contributed by atoms with Crippen LogP contribution in [-0.2, 0) is 10.0 Å². The van der Waals surface area contributed by atoms with E-state index in [0.717, 1.165) is 37.1 Å². The van der Waals surface area contributed by atoms with Gasteiger partial charge in [-0.25, -0.2) is 13.1 Å². The molecule has 0 saturated heterocycles. The van der Waals surface area contributed by atoms with Gasteiger partial charge in [0.2, 0.25) is 10.0 Å². The Labute approximate surface area is 132 Å². The van der Waals surface area contributed by atoms with E-state index in [0.29, 0.717) is 6.04 Å². The molecule has 1 atom stereocenters. The zero-order chi connectivity index (χ0) is 15.1. The third-order valence-electron chi connectivity index (χ3n) is 3.64. The van der Waals surface area contributed by atoms with Crippen LogP contribution < -0.4 is 10.0 Å². The molecule has 0 bridgehead atoms. The van der Waals surface area contributed by atoms with Crippen LogP contribution in [0.5, 0.6) is 0 Å². The van der Waals surface area contributed by atoms with Gasteiger partial charge in [-0.05, 0) is 50.1 Å². The molecule has 0 aliphatic heterocycles. The van der Waals surface area contributed by atoms with Crippen LogP contribution in [0.2, 0.25) is 0 Å². The number of hydrogen-bond acceptors (Lipinski definition) is 4. The molecule has 0 amide bonds. The summed E-state index contributed by atoms with van der Waals surface area (Å²) < 4.78 is 27.3. The Balaban J connectivity index is 1.74. The zero-order valence-electron chi connectivity index (χ0n) is 12.7. The first-order chi connectivity index (χ1) is 10.1. The minimum atomic E-state index is -3.19. The van der Waals surface area contributed by atoms with E-state index in [1.54, 1.807) is 11.3 Å². The molecule has 1 aromatic heterocycles. The van der Waals surface area contributed by atoms with E-state index in [1.807, 2.05) is 17.5 Å². The van der Waals surface area contributed by atoms with E-state index in [9.17, 15) is 8.42 Å². The molecule has 1 unspecified atom stereocenters. The molecule has 1 fully saturated rings. The molecule has 4 nitrogen and oxygen atoms in total. The van der Waals surface area contributed by atoms with Crippen molar-refractivity contribution in [1.29, 1.82) is 0 Å². The molecule has 2 rings (SSSR count). The summed E-state index contributed by atoms with van der Waals surface area (Å²) in [6, 6.07) is 4.62. The van der Waals surface area contributed by atoms with Gasteiger partial charge in [0.05, 0.1) is 11.8 Å². The standard InChI is InChI=1S/C15H26N2O2S2/c1-2-6-14(15-7-5-11-20-15)17-21(18,19)12-4-3-10-16-13-8-9-13/h5,7,11,13-14,16-17H,2-4,6,8-10,12H2,1H3. The molecule has 2 N–H and O–H groups in total. The summed E-state index contributed by atoms with van der Waals surface area (Å²) in [5, 5.41) is 5.41. The van der Waals surface area contributed by atoms with Gasteiger partial charge in [0.1, 0.15) is 0 Å². The minimum absolute atomic E-state index is 0.0652. The fourth-order valence-electron chi connectivity index (χ4n) is 2.32. The lowest BCUT2D eigenvalue weighted by molar-refractivity contribution is 0.536. The van der Waals surface area contributed by atoms with Crippen LogP contribution in [0.15, 0.2) is 17.5 Å². The smallest absolute Gasteiger partial charge is 0.212 e. The molecule has 1 aliphatic rings. The molecule has 0 aromatic carbocycles. The molecule has 1 saturated carbocycles. The van der Waals surface area contributed by atoms with Crippen molar-refractivity contribution in [1.82, 2.24) is 10.0 Å². The molecular formula is C15H26N2O2S2. The van der Waals surface area contributed by atoms with Crippen LogP contribution in [0.3, 0.4) is 0 Å². The van der Waals surface area contributed by atoms with E-state index in [1.165, 1.54) is 12.8 Å². The molecule has 120 valence electrons. The highest BCUT2D eigenvalue weighted by molar-refractivity contribution is 7.89. The summed E-state index contributed by atoms with van der Waals surface area (Å²) in [7, 11) is -3.19. The van der Waals surface area contributed by atoms with Gasteiger partial charge in [-0.1, -0.05) is 19.4 Å². The summed E-state index contributed by atoms with van der Waals surface area (Å²) in [5.41, 5.74) is 0. The zero-order valence-corrected chi connectivity index (χ0v) is 14.3. The fraction of sp³-hybridized carbons (Fsp3) is 0.733. The lowest BCUT2D eigenvalue weighted by atomic mass is 10.1. The van der Waals surface area contributed by atoms with Crippen molar-refractivity contribution < 1.29 is 8.42 Å². The third kappa shape index (κ3) is 6.46. The van der Waals surface area contributed by atoms with E-state index >= 15 is 0 Å². The Morgan fingerprint density at radius 1 is 1.38 bits per heavy atom. The van der Waals surface area contributed by atoms with Crippen LogP contribution >= 0.6 is 11.3 Å². The molecular weight excluding hydrogens is 304 g/mol. The second-order valence-electron chi connectivity index (χ2n) is 5.73. The summed E-state index contributed by atoms with van der Waals surface area (Å²) in [6.07, 6.45) is 6.02. The van der Waals surface area contributed by atoms with E-state index < -0.39 is 10.0 Å². The maximum atomic E-state index is 12.2. The first kappa shape index (κ1) is 16.9. The predicted octanol–water partition coefficient (Wildman–Crippen LogP) is 3.04. The largest absolute Gasteiger partial charge is 0.314 e. The topological polar surface area (TPSA) is 58.2 Å². The molecule has 21 heavy (non-hydrogen) atoms. The Kier molecular flexibility index (Phi) is 6.67. The first-order valence-electron chi connectivity index (χ1n) is 7.87. The summed E-state index contributed by atoms with van der Waals surface area (Å²) in [4.78, 5) is 1.11. The van der Waals surface area contributed by atoms with Gasteiger partial charge in [0.15, 0.2) is 0 Å². The number of nitrogens with one attached hydrogen (secondary N) is 2. The van der Waals surface area contributed by atoms with E-state index in [4.69, 9.17) is 0 Å². The van der Waals surface area contributed by atoms with Crippen LogP contribution in [-0.4, -0.2) is 26.8 Å². The average molecular weight is 331 g/mol. The van der Waals surface area contributed by atoms with Crippen molar-refractivity contribution in [2.45, 2.75) is 57.5 Å². The second kappa shape index (κ2) is 8.27. The summed E-state index contributed by atoms with van der Waals surface area (Å²) in [5.74, 6) is 0.227. The van der Waals surface area contributed by atoms with Crippen LogP contribution in [0.1, 0.15) is 56.4 Å².